The van der Waals surface area contributed by atoms with Crippen molar-refractivity contribution in [1.82, 2.24) is 9.97 Å². The van der Waals surface area contributed by atoms with E-state index in [0.29, 0.717) is 12.3 Å². The predicted molar refractivity (Wildman–Crippen MR) is 99.2 cm³/mol. The normalized spacial score (nSPS) is 17.5. The molecular weight excluding hydrogens is 468 g/mol. The van der Waals surface area contributed by atoms with Crippen LogP contribution < -0.4 is 15.4 Å². The van der Waals surface area contributed by atoms with Crippen molar-refractivity contribution in [3.05, 3.63) is 41.7 Å². The summed E-state index contributed by atoms with van der Waals surface area (Å²) < 4.78 is 102. The van der Waals surface area contributed by atoms with Crippen molar-refractivity contribution in [2.24, 2.45) is 5.14 Å². The maximum Gasteiger partial charge on any atom is 0.417 e. The van der Waals surface area contributed by atoms with Crippen molar-refractivity contribution in [3.8, 4) is 0 Å². The van der Waals surface area contributed by atoms with Gasteiger partial charge >= 0.3 is 12.4 Å². The molecule has 1 aliphatic rings. The molecule has 1 aliphatic heterocycles. The number of primary sulfonamides is 1. The zero-order valence-corrected chi connectivity index (χ0v) is 16.7. The highest BCUT2D eigenvalue weighted by molar-refractivity contribution is 7.89. The number of alkyl halides is 6. The van der Waals surface area contributed by atoms with E-state index in [1.54, 1.807) is 0 Å². The Morgan fingerprint density at radius 2 is 1.84 bits per heavy atom. The molecule has 2 aromatic heterocycles. The predicted octanol–water partition coefficient (Wildman–Crippen LogP) is 2.93. The number of sulfonamides is 1. The first-order chi connectivity index (χ1) is 14.7. The zero-order valence-electron chi connectivity index (χ0n) is 15.9. The molecule has 2 aromatic rings. The molecule has 0 saturated carbocycles. The van der Waals surface area contributed by atoms with Gasteiger partial charge in [-0.15, -0.1) is 0 Å². The van der Waals surface area contributed by atoms with E-state index in [2.05, 4.69) is 15.3 Å². The minimum absolute atomic E-state index is 0.0933. The molecule has 0 aromatic carbocycles. The molecule has 1 saturated heterocycles. The molecule has 3 rings (SSSR count). The van der Waals surface area contributed by atoms with Gasteiger partial charge in [-0.3, -0.25) is 4.79 Å². The number of halogens is 6. The first-order valence-electron chi connectivity index (χ1n) is 8.89. The fraction of sp³-hybridized carbons (Fsp3) is 0.353. The number of pyridine rings is 2. The summed E-state index contributed by atoms with van der Waals surface area (Å²) in [5.41, 5.74) is -2.30. The van der Waals surface area contributed by atoms with Crippen LogP contribution in [0.3, 0.4) is 0 Å². The van der Waals surface area contributed by atoms with Gasteiger partial charge in [-0.2, -0.15) is 26.3 Å². The van der Waals surface area contributed by atoms with E-state index >= 15 is 0 Å². The lowest BCUT2D eigenvalue weighted by molar-refractivity contribution is -0.146. The number of carbonyl (C=O) groups is 1. The smallest absolute Gasteiger partial charge is 0.344 e. The molecule has 32 heavy (non-hydrogen) atoms. The third-order valence-corrected chi connectivity index (χ3v) is 5.43. The average molecular weight is 483 g/mol. The molecule has 8 nitrogen and oxygen atoms in total. The van der Waals surface area contributed by atoms with E-state index in [4.69, 9.17) is 5.14 Å². The van der Waals surface area contributed by atoms with Crippen LogP contribution in [0.1, 0.15) is 28.8 Å². The van der Waals surface area contributed by atoms with Crippen molar-refractivity contribution in [2.45, 2.75) is 36.3 Å². The number of carbonyl (C=O) groups excluding carboxylic acids is 1. The lowest BCUT2D eigenvalue weighted by Crippen LogP contribution is -2.42. The SMILES string of the molecule is NS(=O)(=O)c1cc(NC(=O)c2cc(C(F)(F)F)cnc2N2CCC[C@H]2C(F)(F)F)ccn1. The summed E-state index contributed by atoms with van der Waals surface area (Å²) in [5.74, 6) is -1.80. The average Bonchev–Trinajstić information content (AvgIpc) is 3.16. The summed E-state index contributed by atoms with van der Waals surface area (Å²) >= 11 is 0. The van der Waals surface area contributed by atoms with Gasteiger partial charge in [0.05, 0.1) is 11.1 Å². The molecule has 15 heteroatoms. The van der Waals surface area contributed by atoms with Crippen LogP contribution in [0, 0.1) is 0 Å². The van der Waals surface area contributed by atoms with Gasteiger partial charge in [-0.25, -0.2) is 23.5 Å². The Hall–Kier alpha value is -2.94. The van der Waals surface area contributed by atoms with Gasteiger partial charge < -0.3 is 10.2 Å². The number of hydrogen-bond acceptors (Lipinski definition) is 6. The van der Waals surface area contributed by atoms with Crippen LogP contribution in [0.4, 0.5) is 37.8 Å². The van der Waals surface area contributed by atoms with Gasteiger partial charge in [0, 0.05) is 30.7 Å². The van der Waals surface area contributed by atoms with Crippen molar-refractivity contribution in [1.29, 1.82) is 0 Å². The summed E-state index contributed by atoms with van der Waals surface area (Å²) in [4.78, 5) is 20.5. The van der Waals surface area contributed by atoms with Gasteiger partial charge in [0.2, 0.25) is 0 Å². The second kappa shape index (κ2) is 8.20. The van der Waals surface area contributed by atoms with Gasteiger partial charge in [-0.1, -0.05) is 0 Å². The van der Waals surface area contributed by atoms with Crippen LogP contribution >= 0.6 is 0 Å². The minimum Gasteiger partial charge on any atom is -0.344 e. The number of rotatable bonds is 4. The van der Waals surface area contributed by atoms with Crippen LogP contribution in [0.2, 0.25) is 0 Å². The highest BCUT2D eigenvalue weighted by atomic mass is 32.2. The first-order valence-corrected chi connectivity index (χ1v) is 10.4. The lowest BCUT2D eigenvalue weighted by atomic mass is 10.1. The summed E-state index contributed by atoms with van der Waals surface area (Å²) in [7, 11) is -4.25. The van der Waals surface area contributed by atoms with Gasteiger partial charge in [-0.05, 0) is 25.0 Å². The fourth-order valence-electron chi connectivity index (χ4n) is 3.21. The van der Waals surface area contributed by atoms with E-state index in [1.165, 1.54) is 0 Å². The minimum atomic E-state index is -4.91. The topological polar surface area (TPSA) is 118 Å². The number of aromatic nitrogens is 2. The summed E-state index contributed by atoms with van der Waals surface area (Å²) in [6, 6.07) is 0.350. The first kappa shape index (κ1) is 23.7. The largest absolute Gasteiger partial charge is 0.417 e. The number of nitrogens with zero attached hydrogens (tertiary/aromatic N) is 3. The molecule has 1 fully saturated rings. The Balaban J connectivity index is 2.04. The van der Waals surface area contributed by atoms with Crippen LogP contribution in [0.25, 0.3) is 0 Å². The van der Waals surface area contributed by atoms with Crippen LogP contribution in [-0.2, 0) is 16.2 Å². The number of nitrogens with one attached hydrogen (secondary N) is 1. The summed E-state index contributed by atoms with van der Waals surface area (Å²) in [6.45, 7) is -0.173. The molecule has 1 atom stereocenters. The van der Waals surface area contributed by atoms with E-state index < -0.39 is 56.3 Å². The molecular formula is C17H15F6N5O3S. The molecule has 174 valence electrons. The summed E-state index contributed by atoms with van der Waals surface area (Å²) in [6.07, 6.45) is -8.49. The second-order valence-electron chi connectivity index (χ2n) is 6.87. The summed E-state index contributed by atoms with van der Waals surface area (Å²) in [5, 5.41) is 6.47. The molecule has 3 heterocycles. The maximum absolute atomic E-state index is 13.4. The van der Waals surface area contributed by atoms with Gasteiger partial charge in [0.1, 0.15) is 11.9 Å². The van der Waals surface area contributed by atoms with E-state index in [9.17, 15) is 39.6 Å². The third-order valence-electron chi connectivity index (χ3n) is 4.63. The zero-order chi connectivity index (χ0) is 23.9. The molecule has 0 unspecified atom stereocenters. The lowest BCUT2D eigenvalue weighted by Gasteiger charge is -2.29. The Morgan fingerprint density at radius 3 is 2.44 bits per heavy atom. The molecule has 1 amide bonds. The molecule has 3 N–H and O–H groups in total. The Morgan fingerprint density at radius 1 is 1.16 bits per heavy atom. The van der Waals surface area contributed by atoms with Crippen molar-refractivity contribution >= 4 is 27.4 Å². The molecule has 0 bridgehead atoms. The molecule has 0 spiro atoms. The standard InChI is InChI=1S/C17H15F6N5O3S/c18-16(19,20)9-6-11(14(26-8-9)28-5-1-2-12(28)17(21,22)23)15(29)27-10-3-4-25-13(7-10)32(24,30)31/h3-4,6-8,12H,1-2,5H2,(H2,24,30,31)(H,25,27,29)/t12-/m0/s1. The number of amides is 1. The van der Waals surface area contributed by atoms with Crippen LogP contribution in [0.15, 0.2) is 35.6 Å². The van der Waals surface area contributed by atoms with E-state index in [-0.39, 0.29) is 25.1 Å². The van der Waals surface area contributed by atoms with Crippen LogP contribution in [-0.4, -0.2) is 43.1 Å². The van der Waals surface area contributed by atoms with Crippen molar-refractivity contribution < 1.29 is 39.6 Å². The highest BCUT2D eigenvalue weighted by Gasteiger charge is 2.47. The Kier molecular flexibility index (Phi) is 6.08. The Labute approximate surface area is 177 Å². The van der Waals surface area contributed by atoms with Crippen molar-refractivity contribution in [2.75, 3.05) is 16.8 Å². The van der Waals surface area contributed by atoms with Crippen LogP contribution in [0.5, 0.6) is 0 Å². The van der Waals surface area contributed by atoms with E-state index in [1.807, 2.05) is 0 Å². The highest BCUT2D eigenvalue weighted by Crippen LogP contribution is 2.38. The third kappa shape index (κ3) is 5.09. The fourth-order valence-corrected chi connectivity index (χ4v) is 3.71. The number of hydrogen-bond donors (Lipinski definition) is 2. The number of anilines is 2. The molecule has 0 aliphatic carbocycles. The van der Waals surface area contributed by atoms with Gasteiger partial charge in [0.15, 0.2) is 5.03 Å². The van der Waals surface area contributed by atoms with Gasteiger partial charge in [0.25, 0.3) is 15.9 Å². The second-order valence-corrected chi connectivity index (χ2v) is 8.38. The number of nitrogens with two attached hydrogens (primary N) is 1. The maximum atomic E-state index is 13.4. The Bertz CT molecular complexity index is 1140. The quantitative estimate of drug-likeness (QED) is 0.646. The van der Waals surface area contributed by atoms with E-state index in [0.717, 1.165) is 23.2 Å². The monoisotopic (exact) mass is 483 g/mol. The van der Waals surface area contributed by atoms with Crippen molar-refractivity contribution in [3.63, 3.8) is 0 Å². The molecule has 0 radical (unpaired) electrons.